The Morgan fingerprint density at radius 3 is 2.85 bits per heavy atom. The zero-order valence-corrected chi connectivity index (χ0v) is 8.75. The predicted molar refractivity (Wildman–Crippen MR) is 55.6 cm³/mol. The fraction of sp³-hybridized carbons (Fsp3) is 0.545. The van der Waals surface area contributed by atoms with Crippen molar-refractivity contribution in [3.63, 3.8) is 0 Å². The van der Waals surface area contributed by atoms with Gasteiger partial charge in [-0.2, -0.15) is 0 Å². The normalized spacial score (nSPS) is 16.4. The number of carbonyl (C=O) groups is 1. The molecule has 0 radical (unpaired) electrons. The minimum absolute atomic E-state index is 0.244. The molecule has 1 nitrogen and oxygen atoms in total. The summed E-state index contributed by atoms with van der Waals surface area (Å²) in [6.45, 7) is 1.68. The molecule has 13 heavy (non-hydrogen) atoms. The summed E-state index contributed by atoms with van der Waals surface area (Å²) < 4.78 is 0. The van der Waals surface area contributed by atoms with Crippen molar-refractivity contribution in [1.29, 1.82) is 0 Å². The molecule has 0 saturated heterocycles. The number of aryl methyl sites for hydroxylation is 1. The van der Waals surface area contributed by atoms with E-state index in [1.807, 2.05) is 0 Å². The third-order valence-electron chi connectivity index (χ3n) is 2.67. The summed E-state index contributed by atoms with van der Waals surface area (Å²) in [7, 11) is 0. The van der Waals surface area contributed by atoms with E-state index in [9.17, 15) is 4.79 Å². The molecule has 0 unspecified atom stereocenters. The highest BCUT2D eigenvalue weighted by Gasteiger charge is 2.16. The summed E-state index contributed by atoms with van der Waals surface area (Å²) in [6, 6.07) is 0. The van der Waals surface area contributed by atoms with E-state index < -0.39 is 0 Å². The van der Waals surface area contributed by atoms with Gasteiger partial charge in [0.05, 0.1) is 4.88 Å². The molecule has 0 aromatic carbocycles. The van der Waals surface area contributed by atoms with Gasteiger partial charge < -0.3 is 0 Å². The zero-order chi connectivity index (χ0) is 9.26. The maximum Gasteiger partial charge on any atom is 0.169 e. The summed E-state index contributed by atoms with van der Waals surface area (Å²) in [5, 5.41) is 2.18. The summed E-state index contributed by atoms with van der Waals surface area (Å²) >= 11 is 1.63. The average molecular weight is 194 g/mol. The summed E-state index contributed by atoms with van der Waals surface area (Å²) in [6.07, 6.45) is 6.16. The van der Waals surface area contributed by atoms with Gasteiger partial charge in [-0.05, 0) is 49.1 Å². The SMILES string of the molecule is CC(=O)c1scc2c1CCCCC2. The van der Waals surface area contributed by atoms with E-state index in [1.54, 1.807) is 18.3 Å². The fourth-order valence-electron chi connectivity index (χ4n) is 1.99. The molecule has 0 fully saturated rings. The van der Waals surface area contributed by atoms with E-state index in [-0.39, 0.29) is 5.78 Å². The molecule has 0 spiro atoms. The Labute approximate surface area is 82.8 Å². The molecule has 1 aliphatic carbocycles. The minimum atomic E-state index is 0.244. The van der Waals surface area contributed by atoms with Gasteiger partial charge in [-0.25, -0.2) is 0 Å². The molecule has 1 aromatic rings. The van der Waals surface area contributed by atoms with Crippen LogP contribution >= 0.6 is 11.3 Å². The lowest BCUT2D eigenvalue weighted by Crippen LogP contribution is -1.95. The van der Waals surface area contributed by atoms with Crippen LogP contribution in [0.1, 0.15) is 47.0 Å². The first kappa shape index (κ1) is 8.95. The highest BCUT2D eigenvalue weighted by atomic mass is 32.1. The van der Waals surface area contributed by atoms with Crippen molar-refractivity contribution in [2.45, 2.75) is 39.0 Å². The van der Waals surface area contributed by atoms with Gasteiger partial charge in [0, 0.05) is 0 Å². The Kier molecular flexibility index (Phi) is 2.49. The lowest BCUT2D eigenvalue weighted by Gasteiger charge is -1.99. The average Bonchev–Trinajstić information content (AvgIpc) is 2.36. The van der Waals surface area contributed by atoms with Crippen LogP contribution in [0.25, 0.3) is 0 Å². The van der Waals surface area contributed by atoms with E-state index in [4.69, 9.17) is 0 Å². The summed E-state index contributed by atoms with van der Waals surface area (Å²) in [5.74, 6) is 0.244. The fourth-order valence-corrected chi connectivity index (χ4v) is 3.05. The van der Waals surface area contributed by atoms with E-state index >= 15 is 0 Å². The van der Waals surface area contributed by atoms with Crippen molar-refractivity contribution < 1.29 is 4.79 Å². The van der Waals surface area contributed by atoms with Crippen LogP contribution in [0.3, 0.4) is 0 Å². The molecule has 2 heteroatoms. The Morgan fingerprint density at radius 1 is 1.31 bits per heavy atom. The second kappa shape index (κ2) is 3.62. The first-order valence-electron chi connectivity index (χ1n) is 4.89. The van der Waals surface area contributed by atoms with E-state index in [2.05, 4.69) is 5.38 Å². The third-order valence-corrected chi connectivity index (χ3v) is 3.85. The van der Waals surface area contributed by atoms with Crippen molar-refractivity contribution in [2.75, 3.05) is 0 Å². The number of fused-ring (bicyclic) bond motifs is 1. The monoisotopic (exact) mass is 194 g/mol. The van der Waals surface area contributed by atoms with Gasteiger partial charge in [0.15, 0.2) is 5.78 Å². The number of hydrogen-bond donors (Lipinski definition) is 0. The second-order valence-electron chi connectivity index (χ2n) is 3.69. The molecule has 1 heterocycles. The van der Waals surface area contributed by atoms with Gasteiger partial charge in [-0.1, -0.05) is 6.42 Å². The smallest absolute Gasteiger partial charge is 0.169 e. The number of rotatable bonds is 1. The van der Waals surface area contributed by atoms with E-state index in [0.717, 1.165) is 11.3 Å². The largest absolute Gasteiger partial charge is 0.294 e. The van der Waals surface area contributed by atoms with Gasteiger partial charge in [0.25, 0.3) is 0 Å². The molecule has 0 amide bonds. The first-order valence-corrected chi connectivity index (χ1v) is 5.77. The Morgan fingerprint density at radius 2 is 2.08 bits per heavy atom. The topological polar surface area (TPSA) is 17.1 Å². The lowest BCUT2D eigenvalue weighted by molar-refractivity contribution is 0.102. The van der Waals surface area contributed by atoms with Gasteiger partial charge in [0.2, 0.25) is 0 Å². The molecule has 0 bridgehead atoms. The predicted octanol–water partition coefficient (Wildman–Crippen LogP) is 3.22. The van der Waals surface area contributed by atoms with E-state index in [1.165, 1.54) is 36.8 Å². The standard InChI is InChI=1S/C11H14OS/c1-8(12)11-10-6-4-2-3-5-9(10)7-13-11/h7H,2-6H2,1H3. The molecule has 70 valence electrons. The van der Waals surface area contributed by atoms with Crippen molar-refractivity contribution in [3.05, 3.63) is 21.4 Å². The molecule has 0 saturated carbocycles. The maximum absolute atomic E-state index is 11.3. The Balaban J connectivity index is 2.39. The van der Waals surface area contributed by atoms with Crippen LogP contribution < -0.4 is 0 Å². The number of carbonyl (C=O) groups excluding carboxylic acids is 1. The maximum atomic E-state index is 11.3. The van der Waals surface area contributed by atoms with Crippen molar-refractivity contribution >= 4 is 17.1 Å². The molecular weight excluding hydrogens is 180 g/mol. The van der Waals surface area contributed by atoms with Crippen LogP contribution in [0.5, 0.6) is 0 Å². The second-order valence-corrected chi connectivity index (χ2v) is 4.57. The zero-order valence-electron chi connectivity index (χ0n) is 7.93. The Bertz CT molecular complexity index is 325. The highest BCUT2D eigenvalue weighted by molar-refractivity contribution is 7.12. The van der Waals surface area contributed by atoms with Crippen LogP contribution in [0.2, 0.25) is 0 Å². The third kappa shape index (κ3) is 1.68. The molecule has 1 aliphatic rings. The van der Waals surface area contributed by atoms with Crippen LogP contribution in [-0.4, -0.2) is 5.78 Å². The highest BCUT2D eigenvalue weighted by Crippen LogP contribution is 2.29. The van der Waals surface area contributed by atoms with Gasteiger partial charge in [-0.15, -0.1) is 11.3 Å². The first-order chi connectivity index (χ1) is 6.29. The van der Waals surface area contributed by atoms with Crippen molar-refractivity contribution in [1.82, 2.24) is 0 Å². The summed E-state index contributed by atoms with van der Waals surface area (Å²) in [5.41, 5.74) is 2.79. The molecule has 0 aliphatic heterocycles. The molecular formula is C11H14OS. The number of Topliss-reactive ketones (excluding diaryl/α,β-unsaturated/α-hetero) is 1. The van der Waals surface area contributed by atoms with Crippen LogP contribution in [0.4, 0.5) is 0 Å². The quantitative estimate of drug-likeness (QED) is 0.495. The minimum Gasteiger partial charge on any atom is -0.294 e. The van der Waals surface area contributed by atoms with Crippen LogP contribution in [0, 0.1) is 0 Å². The molecule has 0 N–H and O–H groups in total. The lowest BCUT2D eigenvalue weighted by atomic mass is 10.1. The number of thiophene rings is 1. The van der Waals surface area contributed by atoms with Crippen LogP contribution in [0.15, 0.2) is 5.38 Å². The van der Waals surface area contributed by atoms with E-state index in [0.29, 0.717) is 0 Å². The van der Waals surface area contributed by atoms with Gasteiger partial charge >= 0.3 is 0 Å². The van der Waals surface area contributed by atoms with Gasteiger partial charge in [0.1, 0.15) is 0 Å². The molecule has 0 atom stereocenters. The molecule has 2 rings (SSSR count). The van der Waals surface area contributed by atoms with Crippen molar-refractivity contribution in [2.24, 2.45) is 0 Å². The van der Waals surface area contributed by atoms with Gasteiger partial charge in [-0.3, -0.25) is 4.79 Å². The Hall–Kier alpha value is -0.630. The summed E-state index contributed by atoms with van der Waals surface area (Å²) in [4.78, 5) is 12.3. The van der Waals surface area contributed by atoms with Crippen molar-refractivity contribution in [3.8, 4) is 0 Å². The number of hydrogen-bond acceptors (Lipinski definition) is 2. The number of ketones is 1. The molecule has 1 aromatic heterocycles. The van der Waals surface area contributed by atoms with Crippen LogP contribution in [-0.2, 0) is 12.8 Å².